The van der Waals surface area contributed by atoms with Gasteiger partial charge in [0.1, 0.15) is 11.5 Å². The molecule has 1 aromatic heterocycles. The summed E-state index contributed by atoms with van der Waals surface area (Å²) in [5.41, 5.74) is 3.45. The smallest absolute Gasteiger partial charge is 0.193 e. The van der Waals surface area contributed by atoms with E-state index in [1.165, 1.54) is 5.56 Å². The highest BCUT2D eigenvalue weighted by atomic mass is 16.5. The van der Waals surface area contributed by atoms with Gasteiger partial charge in [0.05, 0.1) is 19.9 Å². The summed E-state index contributed by atoms with van der Waals surface area (Å²) >= 11 is 0. The van der Waals surface area contributed by atoms with Crippen LogP contribution >= 0.6 is 0 Å². The van der Waals surface area contributed by atoms with Gasteiger partial charge in [-0.15, -0.1) is 0 Å². The number of rotatable bonds is 9. The van der Waals surface area contributed by atoms with Crippen molar-refractivity contribution in [1.82, 2.24) is 20.0 Å². The number of methoxy groups -OCH3 is 2. The minimum absolute atomic E-state index is 0.389. The summed E-state index contributed by atoms with van der Waals surface area (Å²) in [6.07, 6.45) is 2.86. The number of ether oxygens (including phenoxy) is 2. The van der Waals surface area contributed by atoms with Crippen LogP contribution in [-0.4, -0.2) is 55.0 Å². The molecule has 0 aliphatic heterocycles. The molecule has 1 aromatic carbocycles. The molecule has 0 aliphatic rings. The number of hydrogen-bond donors (Lipinski definition) is 1. The summed E-state index contributed by atoms with van der Waals surface area (Å²) < 4.78 is 12.7. The number of benzene rings is 1. The lowest BCUT2D eigenvalue weighted by Crippen LogP contribution is -2.38. The van der Waals surface area contributed by atoms with Crippen molar-refractivity contribution < 1.29 is 9.47 Å². The summed E-state index contributed by atoms with van der Waals surface area (Å²) in [4.78, 5) is 6.97. The van der Waals surface area contributed by atoms with Crippen LogP contribution in [0.2, 0.25) is 0 Å². The molecule has 0 radical (unpaired) electrons. The van der Waals surface area contributed by atoms with Crippen LogP contribution in [0.3, 0.4) is 0 Å². The minimum atomic E-state index is 0.389. The molecule has 0 unspecified atom stereocenters. The van der Waals surface area contributed by atoms with Gasteiger partial charge in [0.15, 0.2) is 5.96 Å². The number of hydrogen-bond acceptors (Lipinski definition) is 4. The summed E-state index contributed by atoms with van der Waals surface area (Å²) in [6, 6.07) is 5.85. The Hall–Kier alpha value is -2.70. The van der Waals surface area contributed by atoms with E-state index in [1.807, 2.05) is 29.9 Å². The van der Waals surface area contributed by atoms with E-state index in [-0.39, 0.29) is 0 Å². The average molecular weight is 402 g/mol. The van der Waals surface area contributed by atoms with E-state index in [9.17, 15) is 0 Å². The predicted molar refractivity (Wildman–Crippen MR) is 118 cm³/mol. The van der Waals surface area contributed by atoms with E-state index in [1.54, 1.807) is 14.2 Å². The predicted octanol–water partition coefficient (Wildman–Crippen LogP) is 3.20. The zero-order chi connectivity index (χ0) is 21.4. The highest BCUT2D eigenvalue weighted by Gasteiger charge is 2.15. The first-order valence-corrected chi connectivity index (χ1v) is 10.1. The third kappa shape index (κ3) is 6.14. The molecule has 0 saturated carbocycles. The second-order valence-corrected chi connectivity index (χ2v) is 7.39. The Kier molecular flexibility index (Phi) is 8.36. The molecular formula is C22H35N5O2. The van der Waals surface area contributed by atoms with E-state index < -0.39 is 0 Å². The third-order valence-electron chi connectivity index (χ3n) is 4.72. The largest absolute Gasteiger partial charge is 0.497 e. The average Bonchev–Trinajstić information content (AvgIpc) is 3.07. The molecular weight excluding hydrogens is 366 g/mol. The first-order valence-electron chi connectivity index (χ1n) is 10.1. The maximum atomic E-state index is 5.47. The van der Waals surface area contributed by atoms with Crippen LogP contribution in [0.25, 0.3) is 0 Å². The highest BCUT2D eigenvalue weighted by Crippen LogP contribution is 2.24. The normalized spacial score (nSPS) is 11.7. The molecule has 2 aromatic rings. The zero-order valence-electron chi connectivity index (χ0n) is 18.8. The second kappa shape index (κ2) is 10.7. The quantitative estimate of drug-likeness (QED) is 0.516. The van der Waals surface area contributed by atoms with Gasteiger partial charge in [0, 0.05) is 45.5 Å². The Morgan fingerprint density at radius 1 is 1.24 bits per heavy atom. The molecule has 1 heterocycles. The summed E-state index contributed by atoms with van der Waals surface area (Å²) in [6.45, 7) is 8.66. The fourth-order valence-corrected chi connectivity index (χ4v) is 3.32. The minimum Gasteiger partial charge on any atom is -0.497 e. The Morgan fingerprint density at radius 2 is 2.00 bits per heavy atom. The van der Waals surface area contributed by atoms with E-state index >= 15 is 0 Å². The van der Waals surface area contributed by atoms with Crippen molar-refractivity contribution in [2.24, 2.45) is 12.0 Å². The molecule has 0 spiro atoms. The SMILES string of the molecule is CCNC(=NCCc1cc(OC)ccc1OC)N(C)Cc1cn(C)nc1C(C)C. The number of nitrogens with one attached hydrogen (secondary N) is 1. The van der Waals surface area contributed by atoms with Crippen LogP contribution in [0.4, 0.5) is 0 Å². The molecule has 7 nitrogen and oxygen atoms in total. The maximum absolute atomic E-state index is 5.47. The molecule has 29 heavy (non-hydrogen) atoms. The lowest BCUT2D eigenvalue weighted by atomic mass is 10.1. The van der Waals surface area contributed by atoms with E-state index in [0.29, 0.717) is 12.5 Å². The van der Waals surface area contributed by atoms with Crippen molar-refractivity contribution in [3.05, 3.63) is 41.2 Å². The molecule has 0 aliphatic carbocycles. The van der Waals surface area contributed by atoms with E-state index in [2.05, 4.69) is 49.3 Å². The van der Waals surface area contributed by atoms with Gasteiger partial charge in [-0.1, -0.05) is 13.8 Å². The molecule has 160 valence electrons. The van der Waals surface area contributed by atoms with Gasteiger partial charge in [-0.25, -0.2) is 0 Å². The van der Waals surface area contributed by atoms with Gasteiger partial charge in [-0.2, -0.15) is 5.10 Å². The number of guanidine groups is 1. The molecule has 0 amide bonds. The topological polar surface area (TPSA) is 63.9 Å². The molecule has 0 fully saturated rings. The standard InChI is InChI=1S/C22H35N5O2/c1-8-23-22(26(4)14-18-15-27(5)25-21(18)16(2)3)24-12-11-17-13-19(28-6)9-10-20(17)29-7/h9-10,13,15-16H,8,11-12,14H2,1-7H3,(H,23,24). The number of aryl methyl sites for hydroxylation is 1. The van der Waals surface area contributed by atoms with Crippen LogP contribution in [0, 0.1) is 0 Å². The zero-order valence-corrected chi connectivity index (χ0v) is 18.8. The Labute approximate surface area is 174 Å². The van der Waals surface area contributed by atoms with Crippen molar-refractivity contribution in [3.63, 3.8) is 0 Å². The summed E-state index contributed by atoms with van der Waals surface area (Å²) in [5.74, 6) is 2.95. The van der Waals surface area contributed by atoms with Crippen molar-refractivity contribution >= 4 is 5.96 Å². The van der Waals surface area contributed by atoms with Gasteiger partial charge in [0.2, 0.25) is 0 Å². The monoisotopic (exact) mass is 401 g/mol. The van der Waals surface area contributed by atoms with Gasteiger partial charge in [-0.05, 0) is 43.0 Å². The van der Waals surface area contributed by atoms with Crippen LogP contribution in [0.15, 0.2) is 29.4 Å². The fraction of sp³-hybridized carbons (Fsp3) is 0.545. The third-order valence-corrected chi connectivity index (χ3v) is 4.72. The summed E-state index contributed by atoms with van der Waals surface area (Å²) in [5, 5.41) is 8.00. The maximum Gasteiger partial charge on any atom is 0.193 e. The van der Waals surface area contributed by atoms with Gasteiger partial charge < -0.3 is 19.7 Å². The Bertz CT molecular complexity index is 814. The molecule has 0 atom stereocenters. The van der Waals surface area contributed by atoms with Crippen LogP contribution in [0.5, 0.6) is 11.5 Å². The first kappa shape index (κ1) is 22.6. The molecule has 2 rings (SSSR count). The van der Waals surface area contributed by atoms with Crippen LogP contribution in [-0.2, 0) is 20.0 Å². The Balaban J connectivity index is 2.11. The highest BCUT2D eigenvalue weighted by molar-refractivity contribution is 5.79. The van der Waals surface area contributed by atoms with Gasteiger partial charge in [-0.3, -0.25) is 9.67 Å². The molecule has 1 N–H and O–H groups in total. The van der Waals surface area contributed by atoms with Crippen molar-refractivity contribution in [3.8, 4) is 11.5 Å². The van der Waals surface area contributed by atoms with Crippen LogP contribution in [0.1, 0.15) is 43.5 Å². The first-order chi connectivity index (χ1) is 13.9. The lowest BCUT2D eigenvalue weighted by Gasteiger charge is -2.22. The number of aliphatic imine (C=N–C) groups is 1. The second-order valence-electron chi connectivity index (χ2n) is 7.39. The molecule has 0 saturated heterocycles. The lowest BCUT2D eigenvalue weighted by molar-refractivity contribution is 0.398. The van der Waals surface area contributed by atoms with E-state index in [4.69, 9.17) is 14.5 Å². The number of aromatic nitrogens is 2. The van der Waals surface area contributed by atoms with Gasteiger partial charge >= 0.3 is 0 Å². The fourth-order valence-electron chi connectivity index (χ4n) is 3.32. The number of nitrogens with zero attached hydrogens (tertiary/aromatic N) is 4. The Morgan fingerprint density at radius 3 is 2.62 bits per heavy atom. The molecule has 7 heteroatoms. The van der Waals surface area contributed by atoms with Crippen molar-refractivity contribution in [2.75, 3.05) is 34.4 Å². The summed E-state index contributed by atoms with van der Waals surface area (Å²) in [7, 11) is 7.39. The van der Waals surface area contributed by atoms with E-state index in [0.717, 1.165) is 48.2 Å². The van der Waals surface area contributed by atoms with Crippen LogP contribution < -0.4 is 14.8 Å². The van der Waals surface area contributed by atoms with Crippen molar-refractivity contribution in [1.29, 1.82) is 0 Å². The van der Waals surface area contributed by atoms with Gasteiger partial charge in [0.25, 0.3) is 0 Å². The molecule has 0 bridgehead atoms. The van der Waals surface area contributed by atoms with Crippen molar-refractivity contribution in [2.45, 2.75) is 39.7 Å².